The molecule has 0 fully saturated rings. The van der Waals surface area contributed by atoms with Gasteiger partial charge in [0.25, 0.3) is 0 Å². The molecule has 0 aliphatic heterocycles. The van der Waals surface area contributed by atoms with Gasteiger partial charge in [-0.25, -0.2) is 14.0 Å². The van der Waals surface area contributed by atoms with Gasteiger partial charge in [0.2, 0.25) is 0 Å². The molecule has 5 nitrogen and oxygen atoms in total. The van der Waals surface area contributed by atoms with Crippen LogP contribution in [0.15, 0.2) is 63.8 Å². The highest BCUT2D eigenvalue weighted by molar-refractivity contribution is 5.87. The number of rotatable bonds is 4. The highest BCUT2D eigenvalue weighted by atomic mass is 19.1. The van der Waals surface area contributed by atoms with Crippen molar-refractivity contribution in [1.82, 2.24) is 0 Å². The number of fused-ring (bicyclic) bond motifs is 1. The second kappa shape index (κ2) is 7.00. The number of carbonyl (C=O) groups is 1. The van der Waals surface area contributed by atoms with Gasteiger partial charge >= 0.3 is 11.6 Å². The van der Waals surface area contributed by atoms with Crippen LogP contribution in [0.1, 0.15) is 11.1 Å². The van der Waals surface area contributed by atoms with Gasteiger partial charge in [-0.2, -0.15) is 0 Å². The van der Waals surface area contributed by atoms with Crippen molar-refractivity contribution in [3.8, 4) is 5.75 Å². The van der Waals surface area contributed by atoms with E-state index in [1.54, 1.807) is 12.1 Å². The van der Waals surface area contributed by atoms with E-state index in [0.717, 1.165) is 0 Å². The summed E-state index contributed by atoms with van der Waals surface area (Å²) in [5.74, 6) is -1.08. The number of hydrogen-bond donors (Lipinski definition) is 1. The molecule has 0 bridgehead atoms. The molecule has 2 aromatic carbocycles. The highest BCUT2D eigenvalue weighted by Gasteiger charge is 2.08. The molecule has 0 spiro atoms. The summed E-state index contributed by atoms with van der Waals surface area (Å²) in [5.41, 5.74) is 0.574. The van der Waals surface area contributed by atoms with Crippen molar-refractivity contribution in [3.05, 3.63) is 82.0 Å². The maximum atomic E-state index is 13.1. The summed E-state index contributed by atoms with van der Waals surface area (Å²) in [6.45, 7) is -0.140. The minimum Gasteiger partial charge on any atom is -0.508 e. The lowest BCUT2D eigenvalue weighted by molar-refractivity contribution is -0.138. The zero-order chi connectivity index (χ0) is 17.8. The van der Waals surface area contributed by atoms with Gasteiger partial charge in [0.05, 0.1) is 0 Å². The minimum atomic E-state index is -0.635. The second-order valence-electron chi connectivity index (χ2n) is 5.27. The molecule has 0 amide bonds. The summed E-state index contributed by atoms with van der Waals surface area (Å²) in [5, 5.41) is 10.00. The maximum Gasteiger partial charge on any atom is 0.336 e. The Labute approximate surface area is 141 Å². The van der Waals surface area contributed by atoms with Gasteiger partial charge in [0, 0.05) is 29.2 Å². The Morgan fingerprint density at radius 1 is 1.20 bits per heavy atom. The van der Waals surface area contributed by atoms with Crippen LogP contribution in [0.3, 0.4) is 0 Å². The fraction of sp³-hybridized carbons (Fsp3) is 0.0526. The fourth-order valence-electron chi connectivity index (χ4n) is 2.31. The average Bonchev–Trinajstić information content (AvgIpc) is 2.57. The van der Waals surface area contributed by atoms with Crippen molar-refractivity contribution in [3.63, 3.8) is 0 Å². The monoisotopic (exact) mass is 340 g/mol. The van der Waals surface area contributed by atoms with Crippen LogP contribution in [-0.2, 0) is 16.1 Å². The van der Waals surface area contributed by atoms with Gasteiger partial charge in [-0.1, -0.05) is 12.1 Å². The molecule has 3 aromatic rings. The van der Waals surface area contributed by atoms with Crippen LogP contribution in [0.2, 0.25) is 0 Å². The molecule has 6 heteroatoms. The summed E-state index contributed by atoms with van der Waals surface area (Å²) in [7, 11) is 0. The van der Waals surface area contributed by atoms with E-state index in [0.29, 0.717) is 16.5 Å². The van der Waals surface area contributed by atoms with E-state index in [9.17, 15) is 19.1 Å². The summed E-state index contributed by atoms with van der Waals surface area (Å²) in [6.07, 6.45) is 2.61. The third-order valence-corrected chi connectivity index (χ3v) is 3.44. The molecule has 0 unspecified atom stereocenters. The fourth-order valence-corrected chi connectivity index (χ4v) is 2.31. The lowest BCUT2D eigenvalue weighted by Gasteiger charge is -2.06. The van der Waals surface area contributed by atoms with Gasteiger partial charge in [-0.05, 0) is 35.9 Å². The molecule has 1 N–H and O–H groups in total. The number of carbonyl (C=O) groups excluding carboxylic acids is 1. The number of benzene rings is 2. The van der Waals surface area contributed by atoms with E-state index >= 15 is 0 Å². The van der Waals surface area contributed by atoms with Crippen LogP contribution >= 0.6 is 0 Å². The average molecular weight is 340 g/mol. The highest BCUT2D eigenvalue weighted by Crippen LogP contribution is 2.22. The van der Waals surface area contributed by atoms with Gasteiger partial charge in [-0.15, -0.1) is 0 Å². The molecule has 0 radical (unpaired) electrons. The van der Waals surface area contributed by atoms with Crippen LogP contribution in [0.4, 0.5) is 4.39 Å². The Morgan fingerprint density at radius 3 is 2.84 bits per heavy atom. The van der Waals surface area contributed by atoms with Crippen LogP contribution < -0.4 is 5.63 Å². The Kier molecular flexibility index (Phi) is 4.61. The molecule has 1 heterocycles. The first-order valence-corrected chi connectivity index (χ1v) is 7.37. The van der Waals surface area contributed by atoms with Gasteiger partial charge in [0.1, 0.15) is 23.8 Å². The molecule has 25 heavy (non-hydrogen) atoms. The number of ether oxygens (including phenoxy) is 1. The quantitative estimate of drug-likeness (QED) is 0.447. The normalized spacial score (nSPS) is 11.1. The molecule has 0 saturated carbocycles. The lowest BCUT2D eigenvalue weighted by Crippen LogP contribution is -2.05. The van der Waals surface area contributed by atoms with Crippen molar-refractivity contribution in [2.24, 2.45) is 0 Å². The number of phenols is 1. The standard InChI is InChI=1S/C19H13FO5/c20-14-3-1-2-12(8-14)4-7-18(22)24-11-13-9-19(23)25-17-10-15(21)5-6-16(13)17/h1-10,21H,11H2/b7-4+. The Bertz CT molecular complexity index is 1020. The Morgan fingerprint density at radius 2 is 2.04 bits per heavy atom. The zero-order valence-electron chi connectivity index (χ0n) is 12.9. The van der Waals surface area contributed by atoms with Crippen molar-refractivity contribution in [2.45, 2.75) is 6.61 Å². The third kappa shape index (κ3) is 4.11. The topological polar surface area (TPSA) is 76.7 Å². The summed E-state index contributed by atoms with van der Waals surface area (Å²) in [4.78, 5) is 23.4. The number of phenolic OH excluding ortho intramolecular Hbond substituents is 1. The smallest absolute Gasteiger partial charge is 0.336 e. The molecule has 126 valence electrons. The first-order chi connectivity index (χ1) is 12.0. The van der Waals surface area contributed by atoms with E-state index < -0.39 is 17.4 Å². The van der Waals surface area contributed by atoms with Gasteiger partial charge in [-0.3, -0.25) is 0 Å². The number of hydrogen-bond acceptors (Lipinski definition) is 5. The van der Waals surface area contributed by atoms with Crippen molar-refractivity contribution < 1.29 is 23.4 Å². The van der Waals surface area contributed by atoms with Gasteiger partial charge < -0.3 is 14.3 Å². The predicted octanol–water partition coefficient (Wildman–Crippen LogP) is 3.39. The number of halogens is 1. The minimum absolute atomic E-state index is 0.0391. The molecule has 0 atom stereocenters. The molecule has 1 aromatic heterocycles. The van der Waals surface area contributed by atoms with Crippen LogP contribution in [0.5, 0.6) is 5.75 Å². The largest absolute Gasteiger partial charge is 0.508 e. The molecular formula is C19H13FO5. The van der Waals surface area contributed by atoms with E-state index in [4.69, 9.17) is 9.15 Å². The van der Waals surface area contributed by atoms with Gasteiger partial charge in [0.15, 0.2) is 0 Å². The Balaban J connectivity index is 1.74. The van der Waals surface area contributed by atoms with Crippen LogP contribution in [0.25, 0.3) is 17.0 Å². The Hall–Kier alpha value is -3.41. The summed E-state index contributed by atoms with van der Waals surface area (Å²) >= 11 is 0. The van der Waals surface area contributed by atoms with E-state index in [2.05, 4.69) is 0 Å². The summed E-state index contributed by atoms with van der Waals surface area (Å²) < 4.78 is 23.2. The second-order valence-corrected chi connectivity index (χ2v) is 5.27. The predicted molar refractivity (Wildman–Crippen MR) is 89.4 cm³/mol. The van der Waals surface area contributed by atoms with E-state index in [1.807, 2.05) is 0 Å². The SMILES string of the molecule is O=C(/C=C/c1cccc(F)c1)OCc1cc(=O)oc2cc(O)ccc12. The van der Waals surface area contributed by atoms with Crippen LogP contribution in [0, 0.1) is 5.82 Å². The van der Waals surface area contributed by atoms with Crippen molar-refractivity contribution in [2.75, 3.05) is 0 Å². The molecule has 3 rings (SSSR count). The number of esters is 1. The first-order valence-electron chi connectivity index (χ1n) is 7.37. The van der Waals surface area contributed by atoms with E-state index in [1.165, 1.54) is 48.6 Å². The third-order valence-electron chi connectivity index (χ3n) is 3.44. The molecular weight excluding hydrogens is 327 g/mol. The summed E-state index contributed by atoms with van der Waals surface area (Å²) in [6, 6.07) is 11.3. The van der Waals surface area contributed by atoms with Crippen molar-refractivity contribution in [1.29, 1.82) is 0 Å². The maximum absolute atomic E-state index is 13.1. The molecule has 0 aliphatic rings. The lowest BCUT2D eigenvalue weighted by atomic mass is 10.1. The first kappa shape index (κ1) is 16.4. The van der Waals surface area contributed by atoms with E-state index in [-0.39, 0.29) is 17.9 Å². The van der Waals surface area contributed by atoms with Crippen LogP contribution in [-0.4, -0.2) is 11.1 Å². The zero-order valence-corrected chi connectivity index (χ0v) is 12.9. The van der Waals surface area contributed by atoms with Crippen molar-refractivity contribution >= 4 is 23.0 Å². The molecule has 0 saturated heterocycles. The molecule has 0 aliphatic carbocycles. The number of aromatic hydroxyl groups is 1.